The Morgan fingerprint density at radius 3 is 3.00 bits per heavy atom. The maximum absolute atomic E-state index is 11.6. The van der Waals surface area contributed by atoms with E-state index in [4.69, 9.17) is 5.73 Å². The number of H-pyrrole nitrogens is 1. The molecule has 12 heavy (non-hydrogen) atoms. The largest absolute Gasteiger partial charge is 0.397 e. The second-order valence-electron chi connectivity index (χ2n) is 2.29. The molecule has 5 heteroatoms. The molecule has 1 amide bonds. The summed E-state index contributed by atoms with van der Waals surface area (Å²) >= 11 is 0. The number of hydrogen-bond acceptors (Lipinski definition) is 2. The third-order valence-electron chi connectivity index (χ3n) is 1.33. The van der Waals surface area contributed by atoms with Crippen LogP contribution in [0.5, 0.6) is 0 Å². The summed E-state index contributed by atoms with van der Waals surface area (Å²) in [5.74, 6) is -0.343. The minimum atomic E-state index is -0.568. The van der Waals surface area contributed by atoms with E-state index in [1.54, 1.807) is 0 Å². The van der Waals surface area contributed by atoms with Gasteiger partial charge in [-0.05, 0) is 6.07 Å². The van der Waals surface area contributed by atoms with Crippen LogP contribution in [0.1, 0.15) is 10.5 Å². The second-order valence-corrected chi connectivity index (χ2v) is 2.29. The summed E-state index contributed by atoms with van der Waals surface area (Å²) in [6.07, 6.45) is 1.50. The van der Waals surface area contributed by atoms with E-state index in [0.29, 0.717) is 11.4 Å². The fourth-order valence-electron chi connectivity index (χ4n) is 0.798. The van der Waals surface area contributed by atoms with Crippen molar-refractivity contribution in [3.8, 4) is 0 Å². The molecule has 0 atom stereocenters. The first kappa shape index (κ1) is 8.58. The van der Waals surface area contributed by atoms with Crippen molar-refractivity contribution in [3.05, 3.63) is 18.0 Å². The number of carbonyl (C=O) groups is 1. The van der Waals surface area contributed by atoms with Gasteiger partial charge in [0.25, 0.3) is 5.91 Å². The van der Waals surface area contributed by atoms with E-state index in [1.165, 1.54) is 12.3 Å². The predicted molar refractivity (Wildman–Crippen MR) is 43.5 cm³/mol. The molecule has 0 saturated heterocycles. The van der Waals surface area contributed by atoms with Crippen LogP contribution in [0.25, 0.3) is 0 Å². The summed E-state index contributed by atoms with van der Waals surface area (Å²) in [5, 5.41) is 2.36. The number of nitrogens with one attached hydrogen (secondary N) is 2. The number of carbonyl (C=O) groups excluding carboxylic acids is 1. The predicted octanol–water partition coefficient (Wildman–Crippen LogP) is 0.296. The van der Waals surface area contributed by atoms with Gasteiger partial charge in [-0.3, -0.25) is 4.79 Å². The minimum absolute atomic E-state index is 0.0256. The summed E-state index contributed by atoms with van der Waals surface area (Å²) < 4.78 is 11.6. The summed E-state index contributed by atoms with van der Waals surface area (Å²) in [6.45, 7) is -0.542. The fourth-order valence-corrected chi connectivity index (χ4v) is 0.798. The van der Waals surface area contributed by atoms with Crippen LogP contribution in [-0.2, 0) is 0 Å². The van der Waals surface area contributed by atoms with Crippen molar-refractivity contribution < 1.29 is 9.18 Å². The highest BCUT2D eigenvalue weighted by molar-refractivity contribution is 5.93. The fraction of sp³-hybridized carbons (Fsp3) is 0.286. The van der Waals surface area contributed by atoms with E-state index in [1.807, 2.05) is 0 Å². The molecule has 0 aliphatic heterocycles. The first-order chi connectivity index (χ1) is 5.74. The molecule has 0 aliphatic rings. The van der Waals surface area contributed by atoms with Crippen molar-refractivity contribution in [2.75, 3.05) is 19.0 Å². The third-order valence-corrected chi connectivity index (χ3v) is 1.33. The molecule has 0 bridgehead atoms. The number of nitrogens with two attached hydrogens (primary N) is 1. The molecule has 0 saturated carbocycles. The van der Waals surface area contributed by atoms with Crippen molar-refractivity contribution in [1.82, 2.24) is 10.3 Å². The molecule has 0 unspecified atom stereocenters. The van der Waals surface area contributed by atoms with Crippen LogP contribution < -0.4 is 11.1 Å². The van der Waals surface area contributed by atoms with E-state index < -0.39 is 6.67 Å². The molecule has 1 aromatic heterocycles. The number of rotatable bonds is 3. The Balaban J connectivity index is 2.53. The molecule has 66 valence electrons. The van der Waals surface area contributed by atoms with Gasteiger partial charge in [0.05, 0.1) is 0 Å². The number of anilines is 1. The Morgan fingerprint density at radius 1 is 1.75 bits per heavy atom. The van der Waals surface area contributed by atoms with Gasteiger partial charge in [-0.25, -0.2) is 4.39 Å². The molecule has 0 aromatic carbocycles. The molecule has 0 spiro atoms. The molecular weight excluding hydrogens is 161 g/mol. The molecule has 0 radical (unpaired) electrons. The topological polar surface area (TPSA) is 70.9 Å². The lowest BCUT2D eigenvalue weighted by atomic mass is 10.4. The summed E-state index contributed by atoms with van der Waals surface area (Å²) in [4.78, 5) is 13.7. The third kappa shape index (κ3) is 1.98. The number of halogens is 1. The number of nitrogen functional groups attached to an aromatic ring is 1. The van der Waals surface area contributed by atoms with Crippen LogP contribution in [0.2, 0.25) is 0 Å². The molecule has 0 aliphatic carbocycles. The van der Waals surface area contributed by atoms with Gasteiger partial charge in [0.15, 0.2) is 0 Å². The SMILES string of the molecule is Nc1c[nH]c(C(=O)NCCF)c1. The maximum Gasteiger partial charge on any atom is 0.267 e. The highest BCUT2D eigenvalue weighted by Crippen LogP contribution is 2.03. The van der Waals surface area contributed by atoms with Gasteiger partial charge in [-0.2, -0.15) is 0 Å². The first-order valence-electron chi connectivity index (χ1n) is 3.52. The van der Waals surface area contributed by atoms with Gasteiger partial charge >= 0.3 is 0 Å². The van der Waals surface area contributed by atoms with Crippen molar-refractivity contribution in [2.24, 2.45) is 0 Å². The van der Waals surface area contributed by atoms with E-state index in [2.05, 4.69) is 10.3 Å². The smallest absolute Gasteiger partial charge is 0.267 e. The Hall–Kier alpha value is -1.52. The number of hydrogen-bond donors (Lipinski definition) is 3. The zero-order valence-electron chi connectivity index (χ0n) is 6.43. The van der Waals surface area contributed by atoms with E-state index in [9.17, 15) is 9.18 Å². The zero-order chi connectivity index (χ0) is 8.97. The van der Waals surface area contributed by atoms with Gasteiger partial charge in [-0.1, -0.05) is 0 Å². The zero-order valence-corrected chi connectivity index (χ0v) is 6.43. The summed E-state index contributed by atoms with van der Waals surface area (Å²) in [5.41, 5.74) is 6.19. The Kier molecular flexibility index (Phi) is 2.68. The maximum atomic E-state index is 11.6. The molecule has 4 nitrogen and oxygen atoms in total. The summed E-state index contributed by atoms with van der Waals surface area (Å²) in [7, 11) is 0. The van der Waals surface area contributed by atoms with Crippen LogP contribution in [0.15, 0.2) is 12.3 Å². The molecule has 0 fully saturated rings. The average molecular weight is 171 g/mol. The van der Waals surface area contributed by atoms with Crippen LogP contribution in [0, 0.1) is 0 Å². The minimum Gasteiger partial charge on any atom is -0.397 e. The molecule has 1 heterocycles. The van der Waals surface area contributed by atoms with Crippen molar-refractivity contribution in [3.63, 3.8) is 0 Å². The lowest BCUT2D eigenvalue weighted by molar-refractivity contribution is 0.0946. The summed E-state index contributed by atoms with van der Waals surface area (Å²) in [6, 6.07) is 1.49. The lowest BCUT2D eigenvalue weighted by Gasteiger charge is -1.98. The van der Waals surface area contributed by atoms with Gasteiger partial charge in [-0.15, -0.1) is 0 Å². The van der Waals surface area contributed by atoms with Crippen LogP contribution in [0.4, 0.5) is 10.1 Å². The number of aromatic amines is 1. The van der Waals surface area contributed by atoms with E-state index in [-0.39, 0.29) is 12.5 Å². The van der Waals surface area contributed by atoms with Gasteiger partial charge in [0.1, 0.15) is 12.4 Å². The second kappa shape index (κ2) is 3.75. The normalized spacial score (nSPS) is 9.75. The molecule has 4 N–H and O–H groups in total. The Morgan fingerprint density at radius 2 is 2.50 bits per heavy atom. The molecular formula is C7H10FN3O. The van der Waals surface area contributed by atoms with E-state index in [0.717, 1.165) is 0 Å². The van der Waals surface area contributed by atoms with Crippen molar-refractivity contribution in [1.29, 1.82) is 0 Å². The Labute approximate surface area is 69.0 Å². The average Bonchev–Trinajstić information content (AvgIpc) is 2.47. The van der Waals surface area contributed by atoms with Gasteiger partial charge in [0.2, 0.25) is 0 Å². The number of amides is 1. The highest BCUT2D eigenvalue weighted by atomic mass is 19.1. The van der Waals surface area contributed by atoms with Gasteiger partial charge in [0, 0.05) is 18.4 Å². The van der Waals surface area contributed by atoms with Gasteiger partial charge < -0.3 is 16.0 Å². The van der Waals surface area contributed by atoms with Crippen LogP contribution in [0.3, 0.4) is 0 Å². The van der Waals surface area contributed by atoms with Crippen molar-refractivity contribution in [2.45, 2.75) is 0 Å². The monoisotopic (exact) mass is 171 g/mol. The first-order valence-corrected chi connectivity index (χ1v) is 3.52. The van der Waals surface area contributed by atoms with Crippen LogP contribution in [-0.4, -0.2) is 24.1 Å². The lowest BCUT2D eigenvalue weighted by Crippen LogP contribution is -2.25. The van der Waals surface area contributed by atoms with Crippen molar-refractivity contribution >= 4 is 11.6 Å². The Bertz CT molecular complexity index is 271. The van der Waals surface area contributed by atoms with E-state index >= 15 is 0 Å². The standard InChI is InChI=1S/C7H10FN3O/c8-1-2-10-7(12)6-3-5(9)4-11-6/h3-4,11H,1-2,9H2,(H,10,12). The number of alkyl halides is 1. The number of aromatic nitrogens is 1. The molecule has 1 rings (SSSR count). The molecule has 1 aromatic rings. The highest BCUT2D eigenvalue weighted by Gasteiger charge is 2.05. The quantitative estimate of drug-likeness (QED) is 0.612. The van der Waals surface area contributed by atoms with Crippen LogP contribution >= 0.6 is 0 Å².